The van der Waals surface area contributed by atoms with Gasteiger partial charge in [0.1, 0.15) is 5.75 Å². The molecular weight excluding hydrogens is 244 g/mol. The molecule has 2 N–H and O–H groups in total. The Morgan fingerprint density at radius 2 is 2.21 bits per heavy atom. The van der Waals surface area contributed by atoms with Crippen LogP contribution in [0.3, 0.4) is 0 Å². The molecule has 0 aromatic carbocycles. The van der Waals surface area contributed by atoms with Gasteiger partial charge in [0.05, 0.1) is 13.3 Å². The lowest BCUT2D eigenvalue weighted by Crippen LogP contribution is -2.00. The molecular formula is C10H15BrN2O. The zero-order valence-corrected chi connectivity index (χ0v) is 9.88. The first kappa shape index (κ1) is 11.5. The Balaban J connectivity index is 2.72. The molecule has 0 radical (unpaired) electrons. The van der Waals surface area contributed by atoms with E-state index in [9.17, 15) is 0 Å². The van der Waals surface area contributed by atoms with Crippen LogP contribution in [0.1, 0.15) is 18.4 Å². The average molecular weight is 259 g/mol. The van der Waals surface area contributed by atoms with Crippen LogP contribution < -0.4 is 10.5 Å². The summed E-state index contributed by atoms with van der Waals surface area (Å²) < 4.78 is 6.24. The van der Waals surface area contributed by atoms with E-state index in [1.807, 2.05) is 0 Å². The number of methoxy groups -OCH3 is 1. The molecule has 0 spiro atoms. The Labute approximate surface area is 92.8 Å². The second kappa shape index (κ2) is 5.98. The van der Waals surface area contributed by atoms with Crippen molar-refractivity contribution in [3.05, 3.63) is 22.4 Å². The summed E-state index contributed by atoms with van der Waals surface area (Å²) in [5.41, 5.74) is 6.62. The van der Waals surface area contributed by atoms with E-state index in [-0.39, 0.29) is 0 Å². The third-order valence-corrected chi connectivity index (χ3v) is 2.75. The van der Waals surface area contributed by atoms with Gasteiger partial charge in [-0.3, -0.25) is 4.98 Å². The highest BCUT2D eigenvalue weighted by molar-refractivity contribution is 9.10. The van der Waals surface area contributed by atoms with Crippen LogP contribution in [0.4, 0.5) is 0 Å². The summed E-state index contributed by atoms with van der Waals surface area (Å²) in [4.78, 5) is 4.05. The predicted molar refractivity (Wildman–Crippen MR) is 60.5 cm³/mol. The summed E-state index contributed by atoms with van der Waals surface area (Å²) in [5, 5.41) is 0. The number of hydrogen-bond acceptors (Lipinski definition) is 3. The molecule has 0 unspecified atom stereocenters. The predicted octanol–water partition coefficient (Wildman–Crippen LogP) is 2.13. The molecule has 0 saturated carbocycles. The molecule has 1 aromatic heterocycles. The van der Waals surface area contributed by atoms with Crippen molar-refractivity contribution >= 4 is 15.9 Å². The van der Waals surface area contributed by atoms with E-state index in [0.29, 0.717) is 0 Å². The number of aromatic nitrogens is 1. The van der Waals surface area contributed by atoms with Gasteiger partial charge in [-0.1, -0.05) is 0 Å². The van der Waals surface area contributed by atoms with Crippen molar-refractivity contribution in [2.45, 2.75) is 19.3 Å². The highest BCUT2D eigenvalue weighted by Crippen LogP contribution is 2.26. The highest BCUT2D eigenvalue weighted by Gasteiger charge is 2.06. The van der Waals surface area contributed by atoms with Gasteiger partial charge < -0.3 is 10.5 Å². The van der Waals surface area contributed by atoms with E-state index in [1.165, 1.54) is 5.56 Å². The molecule has 0 saturated heterocycles. The summed E-state index contributed by atoms with van der Waals surface area (Å²) >= 11 is 3.47. The average Bonchev–Trinajstić information content (AvgIpc) is 2.20. The maximum atomic E-state index is 5.45. The maximum Gasteiger partial charge on any atom is 0.141 e. The molecule has 0 fully saturated rings. The first-order valence-electron chi connectivity index (χ1n) is 4.66. The van der Waals surface area contributed by atoms with Crippen LogP contribution in [-0.4, -0.2) is 18.6 Å². The fraction of sp³-hybridized carbons (Fsp3) is 0.500. The summed E-state index contributed by atoms with van der Waals surface area (Å²) in [5.74, 6) is 0.844. The smallest absolute Gasteiger partial charge is 0.141 e. The topological polar surface area (TPSA) is 48.1 Å². The van der Waals surface area contributed by atoms with Crippen LogP contribution in [0.5, 0.6) is 5.75 Å². The van der Waals surface area contributed by atoms with E-state index < -0.39 is 0 Å². The third kappa shape index (κ3) is 2.96. The Hall–Kier alpha value is -0.610. The summed E-state index contributed by atoms with van der Waals surface area (Å²) in [6, 6.07) is 0. The number of nitrogens with two attached hydrogens (primary N) is 1. The number of hydrogen-bond donors (Lipinski definition) is 1. The largest absolute Gasteiger partial charge is 0.495 e. The van der Waals surface area contributed by atoms with Crippen molar-refractivity contribution in [2.75, 3.05) is 13.7 Å². The normalized spacial score (nSPS) is 10.2. The first-order chi connectivity index (χ1) is 6.79. The molecule has 0 aliphatic rings. The number of halogens is 1. The number of pyridine rings is 1. The van der Waals surface area contributed by atoms with Crippen molar-refractivity contribution < 1.29 is 4.74 Å². The summed E-state index contributed by atoms with van der Waals surface area (Å²) in [7, 11) is 1.66. The molecule has 3 nitrogen and oxygen atoms in total. The van der Waals surface area contributed by atoms with Crippen LogP contribution in [0.2, 0.25) is 0 Å². The molecule has 14 heavy (non-hydrogen) atoms. The molecule has 0 aliphatic heterocycles. The van der Waals surface area contributed by atoms with Gasteiger partial charge in [0.2, 0.25) is 0 Å². The van der Waals surface area contributed by atoms with E-state index in [1.54, 1.807) is 19.5 Å². The lowest BCUT2D eigenvalue weighted by atomic mass is 10.1. The minimum Gasteiger partial charge on any atom is -0.495 e. The zero-order valence-electron chi connectivity index (χ0n) is 8.29. The monoisotopic (exact) mass is 258 g/mol. The van der Waals surface area contributed by atoms with Crippen molar-refractivity contribution in [1.82, 2.24) is 4.98 Å². The fourth-order valence-electron chi connectivity index (χ4n) is 1.31. The van der Waals surface area contributed by atoms with E-state index in [4.69, 9.17) is 10.5 Å². The van der Waals surface area contributed by atoms with E-state index in [2.05, 4.69) is 20.9 Å². The van der Waals surface area contributed by atoms with Crippen molar-refractivity contribution in [3.63, 3.8) is 0 Å². The first-order valence-corrected chi connectivity index (χ1v) is 5.45. The zero-order chi connectivity index (χ0) is 10.4. The van der Waals surface area contributed by atoms with Crippen LogP contribution in [-0.2, 0) is 6.42 Å². The van der Waals surface area contributed by atoms with E-state index in [0.717, 1.165) is 36.0 Å². The molecule has 0 amide bonds. The van der Waals surface area contributed by atoms with Crippen LogP contribution >= 0.6 is 15.9 Å². The lowest BCUT2D eigenvalue weighted by Gasteiger charge is -2.09. The van der Waals surface area contributed by atoms with Crippen molar-refractivity contribution in [3.8, 4) is 5.75 Å². The second-order valence-electron chi connectivity index (χ2n) is 3.05. The molecule has 1 aromatic rings. The van der Waals surface area contributed by atoms with Gasteiger partial charge in [0.25, 0.3) is 0 Å². The summed E-state index contributed by atoms with van der Waals surface area (Å²) in [6.45, 7) is 0.741. The minimum atomic E-state index is 0.741. The van der Waals surface area contributed by atoms with Crippen LogP contribution in [0.25, 0.3) is 0 Å². The number of nitrogens with zero attached hydrogens (tertiary/aromatic N) is 1. The van der Waals surface area contributed by atoms with E-state index >= 15 is 0 Å². The van der Waals surface area contributed by atoms with Crippen LogP contribution in [0.15, 0.2) is 16.9 Å². The molecule has 0 bridgehead atoms. The van der Waals surface area contributed by atoms with Crippen molar-refractivity contribution in [1.29, 1.82) is 0 Å². The molecule has 78 valence electrons. The molecule has 0 aliphatic carbocycles. The van der Waals surface area contributed by atoms with Gasteiger partial charge in [-0.05, 0) is 41.7 Å². The molecule has 4 heteroatoms. The minimum absolute atomic E-state index is 0.741. The molecule has 1 rings (SSSR count). The van der Waals surface area contributed by atoms with Gasteiger partial charge in [0.15, 0.2) is 0 Å². The Morgan fingerprint density at radius 1 is 1.43 bits per heavy atom. The molecule has 1 heterocycles. The van der Waals surface area contributed by atoms with Gasteiger partial charge in [0, 0.05) is 16.2 Å². The standard InChI is InChI=1S/C10H15BrN2O/c1-14-10-7-13-6-9(11)8(10)4-2-3-5-12/h6-7H,2-5,12H2,1H3. The van der Waals surface area contributed by atoms with Gasteiger partial charge in [-0.25, -0.2) is 0 Å². The Kier molecular flexibility index (Phi) is 4.90. The number of unbranched alkanes of at least 4 members (excludes halogenated alkanes) is 1. The Morgan fingerprint density at radius 3 is 2.86 bits per heavy atom. The number of ether oxygens (including phenoxy) is 1. The Bertz CT molecular complexity index is 291. The van der Waals surface area contributed by atoms with Crippen molar-refractivity contribution in [2.24, 2.45) is 5.73 Å². The summed E-state index contributed by atoms with van der Waals surface area (Å²) in [6.07, 6.45) is 6.62. The SMILES string of the molecule is COc1cncc(Br)c1CCCCN. The fourth-order valence-corrected chi connectivity index (χ4v) is 1.82. The van der Waals surface area contributed by atoms with Gasteiger partial charge in [-0.15, -0.1) is 0 Å². The van der Waals surface area contributed by atoms with Gasteiger partial charge >= 0.3 is 0 Å². The molecule has 0 atom stereocenters. The highest BCUT2D eigenvalue weighted by atomic mass is 79.9. The second-order valence-corrected chi connectivity index (χ2v) is 3.90. The van der Waals surface area contributed by atoms with Gasteiger partial charge in [-0.2, -0.15) is 0 Å². The van der Waals surface area contributed by atoms with Crippen LogP contribution in [0, 0.1) is 0 Å². The maximum absolute atomic E-state index is 5.45. The quantitative estimate of drug-likeness (QED) is 0.824. The third-order valence-electron chi connectivity index (χ3n) is 2.07. The number of rotatable bonds is 5. The lowest BCUT2D eigenvalue weighted by molar-refractivity contribution is 0.406.